The largest absolute Gasteiger partial charge is 0.494 e. The van der Waals surface area contributed by atoms with E-state index >= 15 is 0 Å². The molecule has 1 N–H and O–H groups in total. The van der Waals surface area contributed by atoms with Gasteiger partial charge >= 0.3 is 0 Å². The molecule has 1 atom stereocenters. The second-order valence-corrected chi connectivity index (χ2v) is 5.35. The number of hydrogen-bond acceptors (Lipinski definition) is 3. The van der Waals surface area contributed by atoms with E-state index in [0.29, 0.717) is 19.8 Å². The summed E-state index contributed by atoms with van der Waals surface area (Å²) in [6.45, 7) is 8.51. The third kappa shape index (κ3) is 2.49. The van der Waals surface area contributed by atoms with Crippen molar-refractivity contribution >= 4 is 0 Å². The summed E-state index contributed by atoms with van der Waals surface area (Å²) in [5.74, 6) is 1.21. The molecule has 1 saturated heterocycles. The summed E-state index contributed by atoms with van der Waals surface area (Å²) in [6, 6.07) is 6.35. The van der Waals surface area contributed by atoms with Crippen LogP contribution in [0.25, 0.3) is 0 Å². The first-order valence-electron chi connectivity index (χ1n) is 7.10. The molecule has 0 aliphatic carbocycles. The van der Waals surface area contributed by atoms with Gasteiger partial charge in [0.05, 0.1) is 19.8 Å². The minimum absolute atomic E-state index is 0.0149. The highest BCUT2D eigenvalue weighted by Gasteiger charge is 2.46. The second-order valence-electron chi connectivity index (χ2n) is 5.35. The van der Waals surface area contributed by atoms with Crippen molar-refractivity contribution in [3.63, 3.8) is 0 Å². The topological polar surface area (TPSA) is 38.7 Å². The maximum atomic E-state index is 9.62. The molecule has 0 spiro atoms. The van der Waals surface area contributed by atoms with Crippen molar-refractivity contribution in [1.82, 2.24) is 0 Å². The van der Waals surface area contributed by atoms with Crippen LogP contribution in [0.5, 0.6) is 5.75 Å². The van der Waals surface area contributed by atoms with Crippen LogP contribution in [0, 0.1) is 12.8 Å². The highest BCUT2D eigenvalue weighted by atomic mass is 16.5. The molecule has 1 unspecified atom stereocenters. The molecule has 106 valence electrons. The number of aliphatic hydroxyl groups is 1. The first-order chi connectivity index (χ1) is 9.17. The molecule has 0 radical (unpaired) electrons. The zero-order valence-electron chi connectivity index (χ0n) is 12.1. The van der Waals surface area contributed by atoms with Gasteiger partial charge in [0.15, 0.2) is 0 Å². The van der Waals surface area contributed by atoms with E-state index in [-0.39, 0.29) is 17.9 Å². The van der Waals surface area contributed by atoms with Crippen LogP contribution in [0.1, 0.15) is 31.4 Å². The predicted molar refractivity (Wildman–Crippen MR) is 75.7 cm³/mol. The van der Waals surface area contributed by atoms with Crippen molar-refractivity contribution in [2.75, 3.05) is 26.4 Å². The maximum absolute atomic E-state index is 9.62. The lowest BCUT2D eigenvalue weighted by Gasteiger charge is -2.47. The molecule has 1 aromatic rings. The summed E-state index contributed by atoms with van der Waals surface area (Å²) < 4.78 is 11.0. The Bertz CT molecular complexity index is 420. The van der Waals surface area contributed by atoms with Gasteiger partial charge in [-0.3, -0.25) is 0 Å². The molecular weight excluding hydrogens is 240 g/mol. The van der Waals surface area contributed by atoms with Crippen LogP contribution in [-0.2, 0) is 10.2 Å². The van der Waals surface area contributed by atoms with Crippen molar-refractivity contribution in [3.8, 4) is 5.75 Å². The number of aryl methyl sites for hydroxylation is 1. The smallest absolute Gasteiger partial charge is 0.122 e. The monoisotopic (exact) mass is 264 g/mol. The second kappa shape index (κ2) is 5.93. The molecule has 1 heterocycles. The van der Waals surface area contributed by atoms with Gasteiger partial charge in [-0.05, 0) is 37.0 Å². The minimum Gasteiger partial charge on any atom is -0.494 e. The van der Waals surface area contributed by atoms with Crippen molar-refractivity contribution in [1.29, 1.82) is 0 Å². The molecule has 1 fully saturated rings. The fourth-order valence-corrected chi connectivity index (χ4v) is 2.93. The molecule has 2 rings (SSSR count). The average molecular weight is 264 g/mol. The summed E-state index contributed by atoms with van der Waals surface area (Å²) >= 11 is 0. The van der Waals surface area contributed by atoms with Gasteiger partial charge in [-0.25, -0.2) is 0 Å². The van der Waals surface area contributed by atoms with E-state index in [1.807, 2.05) is 13.0 Å². The normalized spacial score (nSPS) is 18.7. The van der Waals surface area contributed by atoms with Gasteiger partial charge < -0.3 is 14.6 Å². The molecule has 0 bridgehead atoms. The van der Waals surface area contributed by atoms with Gasteiger partial charge in [0.1, 0.15) is 5.75 Å². The van der Waals surface area contributed by atoms with Crippen LogP contribution in [0.3, 0.4) is 0 Å². The van der Waals surface area contributed by atoms with Gasteiger partial charge in [0, 0.05) is 12.0 Å². The van der Waals surface area contributed by atoms with Crippen molar-refractivity contribution < 1.29 is 14.6 Å². The minimum atomic E-state index is -0.0149. The van der Waals surface area contributed by atoms with Crippen molar-refractivity contribution in [2.24, 2.45) is 5.92 Å². The van der Waals surface area contributed by atoms with E-state index in [2.05, 4.69) is 26.0 Å². The molecule has 19 heavy (non-hydrogen) atoms. The number of aliphatic hydroxyl groups excluding tert-OH is 1. The zero-order chi connectivity index (χ0) is 13.9. The summed E-state index contributed by atoms with van der Waals surface area (Å²) in [4.78, 5) is 0. The van der Waals surface area contributed by atoms with E-state index < -0.39 is 0 Å². The fourth-order valence-electron chi connectivity index (χ4n) is 2.93. The van der Waals surface area contributed by atoms with Gasteiger partial charge in [-0.2, -0.15) is 0 Å². The standard InChI is InChI=1S/C16H24O3/c1-4-13(9-17)16(10-18-11-16)14-6-7-15(19-5-2)12(3)8-14/h6-8,13,17H,4-5,9-11H2,1-3H3. The highest BCUT2D eigenvalue weighted by molar-refractivity contribution is 5.41. The number of benzene rings is 1. The van der Waals surface area contributed by atoms with Gasteiger partial charge in [-0.1, -0.05) is 25.5 Å². The van der Waals surface area contributed by atoms with Crippen LogP contribution in [-0.4, -0.2) is 31.5 Å². The molecule has 0 aromatic heterocycles. The lowest BCUT2D eigenvalue weighted by atomic mass is 9.67. The first kappa shape index (κ1) is 14.4. The molecular formula is C16H24O3. The number of ether oxygens (including phenoxy) is 2. The van der Waals surface area contributed by atoms with E-state index in [1.165, 1.54) is 5.56 Å². The fraction of sp³-hybridized carbons (Fsp3) is 0.625. The molecule has 0 saturated carbocycles. The van der Waals surface area contributed by atoms with Crippen LogP contribution in [0.4, 0.5) is 0 Å². The van der Waals surface area contributed by atoms with Crippen molar-refractivity contribution in [2.45, 2.75) is 32.6 Å². The van der Waals surface area contributed by atoms with Crippen LogP contribution in [0.2, 0.25) is 0 Å². The molecule has 1 aliphatic rings. The maximum Gasteiger partial charge on any atom is 0.122 e. The Kier molecular flexibility index (Phi) is 4.48. The van der Waals surface area contributed by atoms with E-state index in [1.54, 1.807) is 0 Å². The summed E-state index contributed by atoms with van der Waals surface area (Å²) in [6.07, 6.45) is 0.964. The quantitative estimate of drug-likeness (QED) is 0.858. The van der Waals surface area contributed by atoms with E-state index in [9.17, 15) is 5.11 Å². The molecule has 3 nitrogen and oxygen atoms in total. The lowest BCUT2D eigenvalue weighted by Crippen LogP contribution is -2.53. The Morgan fingerprint density at radius 3 is 2.53 bits per heavy atom. The summed E-state index contributed by atoms with van der Waals surface area (Å²) in [7, 11) is 0. The van der Waals surface area contributed by atoms with Gasteiger partial charge in [-0.15, -0.1) is 0 Å². The number of hydrogen-bond donors (Lipinski definition) is 1. The third-order valence-corrected chi connectivity index (χ3v) is 4.26. The number of rotatable bonds is 6. The lowest BCUT2D eigenvalue weighted by molar-refractivity contribution is -0.101. The SMILES string of the molecule is CCOc1ccc(C2(C(CC)CO)COC2)cc1C. The van der Waals surface area contributed by atoms with Crippen LogP contribution >= 0.6 is 0 Å². The Morgan fingerprint density at radius 2 is 2.11 bits per heavy atom. The molecule has 1 aromatic carbocycles. The Balaban J connectivity index is 2.31. The summed E-state index contributed by atoms with van der Waals surface area (Å²) in [5.41, 5.74) is 2.40. The predicted octanol–water partition coefficient (Wildman–Crippen LogP) is 2.68. The van der Waals surface area contributed by atoms with E-state index in [4.69, 9.17) is 9.47 Å². The zero-order valence-corrected chi connectivity index (χ0v) is 12.1. The Labute approximate surface area is 115 Å². The van der Waals surface area contributed by atoms with E-state index in [0.717, 1.165) is 17.7 Å². The Morgan fingerprint density at radius 1 is 1.37 bits per heavy atom. The van der Waals surface area contributed by atoms with Crippen LogP contribution < -0.4 is 4.74 Å². The molecule has 3 heteroatoms. The molecule has 0 amide bonds. The van der Waals surface area contributed by atoms with Gasteiger partial charge in [0.2, 0.25) is 0 Å². The summed E-state index contributed by atoms with van der Waals surface area (Å²) in [5, 5.41) is 9.62. The van der Waals surface area contributed by atoms with Crippen LogP contribution in [0.15, 0.2) is 18.2 Å². The average Bonchev–Trinajstić information content (AvgIpc) is 2.36. The highest BCUT2D eigenvalue weighted by Crippen LogP contribution is 2.42. The third-order valence-electron chi connectivity index (χ3n) is 4.26. The Hall–Kier alpha value is -1.06. The first-order valence-corrected chi connectivity index (χ1v) is 7.10. The van der Waals surface area contributed by atoms with Crippen molar-refractivity contribution in [3.05, 3.63) is 29.3 Å². The molecule has 1 aliphatic heterocycles. The van der Waals surface area contributed by atoms with Gasteiger partial charge in [0.25, 0.3) is 0 Å².